The number of amidine groups is 1. The topological polar surface area (TPSA) is 93.2 Å². The number of sulfone groups is 1. The lowest BCUT2D eigenvalue weighted by molar-refractivity contribution is 0.227. The first-order chi connectivity index (χ1) is 8.39. The largest absolute Gasteiger partial charge is 0.488 e. The summed E-state index contributed by atoms with van der Waals surface area (Å²) >= 11 is 0. The van der Waals surface area contributed by atoms with E-state index in [4.69, 9.17) is 15.9 Å². The van der Waals surface area contributed by atoms with E-state index in [-0.39, 0.29) is 35.2 Å². The third kappa shape index (κ3) is 3.57. The van der Waals surface area contributed by atoms with E-state index in [0.29, 0.717) is 6.42 Å². The van der Waals surface area contributed by atoms with Gasteiger partial charge in [0, 0.05) is 0 Å². The molecule has 0 saturated carbocycles. The Balaban J connectivity index is 0.00000180. The summed E-state index contributed by atoms with van der Waals surface area (Å²) in [6.45, 7) is 0. The van der Waals surface area contributed by atoms with E-state index in [0.717, 1.165) is 0 Å². The highest BCUT2D eigenvalue weighted by Crippen LogP contribution is 2.25. The summed E-state index contributed by atoms with van der Waals surface area (Å²) in [7, 11) is -3.06. The van der Waals surface area contributed by atoms with Crippen LogP contribution in [0.1, 0.15) is 12.0 Å². The molecule has 1 unspecified atom stereocenters. The van der Waals surface area contributed by atoms with Gasteiger partial charge in [0.2, 0.25) is 0 Å². The van der Waals surface area contributed by atoms with Crippen LogP contribution in [0.5, 0.6) is 5.75 Å². The van der Waals surface area contributed by atoms with E-state index in [9.17, 15) is 12.8 Å². The maximum atomic E-state index is 13.5. The molecule has 1 heterocycles. The van der Waals surface area contributed by atoms with Crippen molar-refractivity contribution < 1.29 is 17.5 Å². The predicted molar refractivity (Wildman–Crippen MR) is 72.4 cm³/mol. The number of hydrogen-bond donors (Lipinski definition) is 2. The summed E-state index contributed by atoms with van der Waals surface area (Å²) in [6.07, 6.45) is -0.134. The maximum Gasteiger partial charge on any atom is 0.154 e. The molecule has 1 aromatic rings. The molecule has 0 spiro atoms. The molecule has 1 atom stereocenters. The second-order valence-electron chi connectivity index (χ2n) is 4.17. The van der Waals surface area contributed by atoms with E-state index < -0.39 is 27.6 Å². The standard InChI is InChI=1S/C11H13FN2O3S.ClH/c12-8-2-1-3-9(10(8)11(13)14)17-7-4-5-18(15,16)6-7;/h1-3,7H,4-6H2,(H3,13,14);1H. The highest BCUT2D eigenvalue weighted by molar-refractivity contribution is 7.91. The number of hydrogen-bond acceptors (Lipinski definition) is 4. The molecule has 3 N–H and O–H groups in total. The van der Waals surface area contributed by atoms with Gasteiger partial charge in [0.15, 0.2) is 9.84 Å². The van der Waals surface area contributed by atoms with E-state index in [1.54, 1.807) is 0 Å². The van der Waals surface area contributed by atoms with Gasteiger partial charge >= 0.3 is 0 Å². The van der Waals surface area contributed by atoms with Gasteiger partial charge in [-0.3, -0.25) is 5.41 Å². The minimum absolute atomic E-state index is 0. The van der Waals surface area contributed by atoms with Crippen LogP contribution in [0.4, 0.5) is 4.39 Å². The molecule has 5 nitrogen and oxygen atoms in total. The fraction of sp³-hybridized carbons (Fsp3) is 0.364. The Morgan fingerprint density at radius 1 is 1.47 bits per heavy atom. The fourth-order valence-electron chi connectivity index (χ4n) is 1.90. The molecule has 1 saturated heterocycles. The van der Waals surface area contributed by atoms with Crippen LogP contribution >= 0.6 is 12.4 Å². The molecule has 1 aliphatic rings. The molecule has 0 bridgehead atoms. The molecule has 0 aromatic heterocycles. The minimum atomic E-state index is -3.06. The van der Waals surface area contributed by atoms with Crippen molar-refractivity contribution in [2.75, 3.05) is 11.5 Å². The molecule has 1 aromatic carbocycles. The maximum absolute atomic E-state index is 13.5. The number of ether oxygens (including phenoxy) is 1. The van der Waals surface area contributed by atoms with E-state index >= 15 is 0 Å². The predicted octanol–water partition coefficient (Wildman–Crippen LogP) is 1.10. The van der Waals surface area contributed by atoms with E-state index in [1.807, 2.05) is 0 Å². The second-order valence-corrected chi connectivity index (χ2v) is 6.40. The van der Waals surface area contributed by atoms with Gasteiger partial charge in [-0.25, -0.2) is 12.8 Å². The van der Waals surface area contributed by atoms with Crippen molar-refractivity contribution in [3.8, 4) is 5.75 Å². The molecule has 8 heteroatoms. The highest BCUT2D eigenvalue weighted by atomic mass is 35.5. The van der Waals surface area contributed by atoms with Crippen molar-refractivity contribution in [3.63, 3.8) is 0 Å². The van der Waals surface area contributed by atoms with Gasteiger partial charge in [-0.15, -0.1) is 12.4 Å². The molecule has 19 heavy (non-hydrogen) atoms. The molecule has 0 amide bonds. The minimum Gasteiger partial charge on any atom is -0.488 e. The van der Waals surface area contributed by atoms with Gasteiger partial charge < -0.3 is 10.5 Å². The Hall–Kier alpha value is -1.34. The summed E-state index contributed by atoms with van der Waals surface area (Å²) in [6, 6.07) is 4.08. The van der Waals surface area contributed by atoms with Gasteiger partial charge in [-0.05, 0) is 18.6 Å². The molecule has 0 radical (unpaired) electrons. The number of nitrogens with one attached hydrogen (secondary N) is 1. The van der Waals surface area contributed by atoms with Crippen molar-refractivity contribution in [2.45, 2.75) is 12.5 Å². The lowest BCUT2D eigenvalue weighted by Crippen LogP contribution is -2.21. The van der Waals surface area contributed by atoms with Gasteiger partial charge in [-0.1, -0.05) is 6.07 Å². The van der Waals surface area contributed by atoms with Crippen LogP contribution in [0, 0.1) is 11.2 Å². The number of halogens is 2. The number of nitrogen functional groups attached to an aromatic ring is 1. The van der Waals surface area contributed by atoms with Gasteiger partial charge in [0.05, 0.1) is 17.1 Å². The van der Waals surface area contributed by atoms with Crippen LogP contribution in [-0.2, 0) is 9.84 Å². The average molecular weight is 309 g/mol. The summed E-state index contributed by atoms with van der Waals surface area (Å²) in [5.41, 5.74) is 5.16. The lowest BCUT2D eigenvalue weighted by atomic mass is 10.1. The number of benzene rings is 1. The van der Waals surface area contributed by atoms with Crippen LogP contribution in [0.25, 0.3) is 0 Å². The van der Waals surface area contributed by atoms with Gasteiger partial charge in [0.25, 0.3) is 0 Å². The van der Waals surface area contributed by atoms with Crippen molar-refractivity contribution in [1.82, 2.24) is 0 Å². The summed E-state index contributed by atoms with van der Waals surface area (Å²) < 4.78 is 41.5. The molecule has 2 rings (SSSR count). The summed E-state index contributed by atoms with van der Waals surface area (Å²) in [4.78, 5) is 0. The first-order valence-electron chi connectivity index (χ1n) is 5.39. The third-order valence-electron chi connectivity index (χ3n) is 2.73. The molecular weight excluding hydrogens is 295 g/mol. The zero-order chi connectivity index (χ0) is 13.3. The number of nitrogens with two attached hydrogens (primary N) is 1. The van der Waals surface area contributed by atoms with Crippen molar-refractivity contribution >= 4 is 28.1 Å². The highest BCUT2D eigenvalue weighted by Gasteiger charge is 2.30. The Kier molecular flexibility index (Phi) is 4.75. The molecule has 106 valence electrons. The number of rotatable bonds is 3. The average Bonchev–Trinajstić information content (AvgIpc) is 2.57. The monoisotopic (exact) mass is 308 g/mol. The van der Waals surface area contributed by atoms with Crippen LogP contribution in [0.2, 0.25) is 0 Å². The van der Waals surface area contributed by atoms with Crippen LogP contribution in [-0.4, -0.2) is 31.9 Å². The van der Waals surface area contributed by atoms with Gasteiger partial charge in [-0.2, -0.15) is 0 Å². The Morgan fingerprint density at radius 2 is 2.16 bits per heavy atom. The van der Waals surface area contributed by atoms with E-state index in [2.05, 4.69) is 0 Å². The third-order valence-corrected chi connectivity index (χ3v) is 4.47. The SMILES string of the molecule is Cl.N=C(N)c1c(F)cccc1OC1CCS(=O)(=O)C1. The Labute approximate surface area is 116 Å². The quantitative estimate of drug-likeness (QED) is 0.646. The van der Waals surface area contributed by atoms with Crippen LogP contribution < -0.4 is 10.5 Å². The molecule has 0 aliphatic carbocycles. The fourth-order valence-corrected chi connectivity index (χ4v) is 3.49. The lowest BCUT2D eigenvalue weighted by Gasteiger charge is -2.15. The van der Waals surface area contributed by atoms with Crippen molar-refractivity contribution in [1.29, 1.82) is 5.41 Å². The summed E-state index contributed by atoms with van der Waals surface area (Å²) in [5, 5.41) is 7.31. The zero-order valence-electron chi connectivity index (χ0n) is 9.93. The zero-order valence-corrected chi connectivity index (χ0v) is 11.6. The van der Waals surface area contributed by atoms with Crippen LogP contribution in [0.3, 0.4) is 0 Å². The van der Waals surface area contributed by atoms with E-state index in [1.165, 1.54) is 18.2 Å². The first kappa shape index (κ1) is 15.7. The second kappa shape index (κ2) is 5.75. The summed E-state index contributed by atoms with van der Waals surface area (Å²) in [5.74, 6) is -0.988. The van der Waals surface area contributed by atoms with Gasteiger partial charge in [0.1, 0.15) is 23.5 Å². The molecule has 1 fully saturated rings. The smallest absolute Gasteiger partial charge is 0.154 e. The molecule has 1 aliphatic heterocycles. The van der Waals surface area contributed by atoms with Crippen molar-refractivity contribution in [2.24, 2.45) is 5.73 Å². The normalized spacial score (nSPS) is 20.6. The first-order valence-corrected chi connectivity index (χ1v) is 7.21. The Morgan fingerprint density at radius 3 is 2.68 bits per heavy atom. The van der Waals surface area contributed by atoms with Crippen molar-refractivity contribution in [3.05, 3.63) is 29.6 Å². The Bertz CT molecular complexity index is 592. The van der Waals surface area contributed by atoms with Crippen LogP contribution in [0.15, 0.2) is 18.2 Å². The molecular formula is C11H14ClFN2O3S.